The zero-order valence-corrected chi connectivity index (χ0v) is 44.9. The highest BCUT2D eigenvalue weighted by Crippen LogP contribution is 2.67. The second-order valence-electron chi connectivity index (χ2n) is 28.0. The molecule has 4 aliphatic heterocycles. The Morgan fingerprint density at radius 3 is 1.96 bits per heavy atom. The molecule has 68 heavy (non-hydrogen) atoms. The zero-order valence-electron chi connectivity index (χ0n) is 44.9. The van der Waals surface area contributed by atoms with Crippen LogP contribution in [-0.4, -0.2) is 78.3 Å². The number of fused-ring (bicyclic) bond motifs is 12. The van der Waals surface area contributed by atoms with Crippen molar-refractivity contribution in [3.05, 3.63) is 22.3 Å². The first-order valence-electron chi connectivity index (χ1n) is 29.4. The van der Waals surface area contributed by atoms with Crippen LogP contribution >= 0.6 is 0 Å². The van der Waals surface area contributed by atoms with Crippen LogP contribution in [0.15, 0.2) is 22.3 Å². The van der Waals surface area contributed by atoms with Crippen molar-refractivity contribution in [2.24, 2.45) is 87.8 Å². The van der Waals surface area contributed by atoms with E-state index in [1.54, 1.807) is 23.6 Å². The summed E-state index contributed by atoms with van der Waals surface area (Å²) in [6.07, 6.45) is 26.2. The number of allylic oxidation sites excluding steroid dienone is 2. The molecular formula is C61H97N3O4. The van der Waals surface area contributed by atoms with Gasteiger partial charge in [-0.15, -0.1) is 0 Å². The van der Waals surface area contributed by atoms with Crippen molar-refractivity contribution < 1.29 is 19.1 Å². The molecule has 12 rings (SSSR count). The van der Waals surface area contributed by atoms with E-state index in [-0.39, 0.29) is 17.1 Å². The van der Waals surface area contributed by atoms with E-state index in [1.807, 2.05) is 5.57 Å². The first-order chi connectivity index (χ1) is 32.4. The van der Waals surface area contributed by atoms with Gasteiger partial charge in [0.1, 0.15) is 5.78 Å². The summed E-state index contributed by atoms with van der Waals surface area (Å²) in [4.78, 5) is 26.4. The van der Waals surface area contributed by atoms with E-state index in [2.05, 4.69) is 77.8 Å². The first kappa shape index (κ1) is 48.7. The number of piperidine rings is 2. The fraction of sp³-hybridized carbons (Fsp3) is 0.902. The third-order valence-corrected chi connectivity index (χ3v) is 24.3. The van der Waals surface area contributed by atoms with Crippen LogP contribution in [0.3, 0.4) is 0 Å². The van der Waals surface area contributed by atoms with Crippen molar-refractivity contribution in [1.82, 2.24) is 15.5 Å². The molecule has 2 spiro atoms. The maximum Gasteiger partial charge on any atom is 0.216 e. The van der Waals surface area contributed by atoms with Gasteiger partial charge in [-0.25, -0.2) is 0 Å². The molecule has 0 aromatic carbocycles. The number of carbonyl (C=O) groups excluding carboxylic acids is 2. The number of amides is 1. The largest absolute Gasteiger partial charge is 0.369 e. The molecule has 2 N–H and O–H groups in total. The van der Waals surface area contributed by atoms with Crippen LogP contribution in [0.5, 0.6) is 0 Å². The predicted octanol–water partition coefficient (Wildman–Crippen LogP) is 12.3. The van der Waals surface area contributed by atoms with E-state index in [9.17, 15) is 9.59 Å². The Hall–Kier alpha value is -1.54. The molecule has 1 amide bonds. The third-order valence-electron chi connectivity index (χ3n) is 24.3. The molecule has 4 heterocycles. The molecule has 0 aromatic heterocycles. The average molecular weight is 936 g/mol. The van der Waals surface area contributed by atoms with Gasteiger partial charge in [-0.3, -0.25) is 14.5 Å². The van der Waals surface area contributed by atoms with Crippen LogP contribution < -0.4 is 10.6 Å². The normalized spacial score (nSPS) is 51.8. The van der Waals surface area contributed by atoms with Crippen molar-refractivity contribution in [2.75, 3.05) is 26.2 Å². The van der Waals surface area contributed by atoms with Gasteiger partial charge in [0, 0.05) is 63.3 Å². The number of nitrogens with one attached hydrogen (secondary N) is 2. The summed E-state index contributed by atoms with van der Waals surface area (Å²) < 4.78 is 14.3. The second-order valence-corrected chi connectivity index (χ2v) is 28.0. The third kappa shape index (κ3) is 8.06. The minimum atomic E-state index is -0.0407. The number of carbonyl (C=O) groups is 2. The molecule has 21 atom stereocenters. The fourth-order valence-corrected chi connectivity index (χ4v) is 20.7. The number of Topliss-reactive ketones (excluding diaryl/α,β-unsaturated/α-hetero) is 1. The van der Waals surface area contributed by atoms with Gasteiger partial charge < -0.3 is 20.1 Å². The first-order valence-corrected chi connectivity index (χ1v) is 29.4. The van der Waals surface area contributed by atoms with Gasteiger partial charge in [0.15, 0.2) is 0 Å². The number of likely N-dealkylation sites (tertiary alicyclic amines) is 1. The van der Waals surface area contributed by atoms with Crippen molar-refractivity contribution in [2.45, 2.75) is 233 Å². The molecule has 8 aliphatic carbocycles. The van der Waals surface area contributed by atoms with Crippen molar-refractivity contribution >= 4 is 11.7 Å². The van der Waals surface area contributed by atoms with Gasteiger partial charge in [-0.1, -0.05) is 77.2 Å². The summed E-state index contributed by atoms with van der Waals surface area (Å²) in [7, 11) is 0. The number of hydrogen-bond acceptors (Lipinski definition) is 6. The van der Waals surface area contributed by atoms with Crippen LogP contribution in [0, 0.1) is 87.8 Å². The fourth-order valence-electron chi connectivity index (χ4n) is 20.7. The minimum Gasteiger partial charge on any atom is -0.369 e. The molecule has 7 nitrogen and oxygen atoms in total. The highest BCUT2D eigenvalue weighted by Gasteiger charge is 2.62. The van der Waals surface area contributed by atoms with E-state index >= 15 is 0 Å². The lowest BCUT2D eigenvalue weighted by atomic mass is 9.51. The Morgan fingerprint density at radius 2 is 1.29 bits per heavy atom. The molecule has 380 valence electrons. The van der Waals surface area contributed by atoms with E-state index in [0.29, 0.717) is 64.6 Å². The molecule has 4 saturated heterocycles. The van der Waals surface area contributed by atoms with E-state index in [4.69, 9.17) is 9.47 Å². The van der Waals surface area contributed by atoms with Crippen molar-refractivity contribution in [1.29, 1.82) is 0 Å². The molecule has 0 bridgehead atoms. The van der Waals surface area contributed by atoms with Gasteiger partial charge >= 0.3 is 0 Å². The number of ether oxygens (including phenoxy) is 2. The Morgan fingerprint density at radius 1 is 0.691 bits per heavy atom. The molecule has 12 aliphatic rings. The smallest absolute Gasteiger partial charge is 0.216 e. The summed E-state index contributed by atoms with van der Waals surface area (Å²) in [5.74, 6) is 10.8. The Labute approximate surface area is 414 Å². The van der Waals surface area contributed by atoms with E-state index in [1.165, 1.54) is 103 Å². The molecule has 2 unspecified atom stereocenters. The lowest BCUT2D eigenvalue weighted by Crippen LogP contribution is -2.53. The number of nitrogens with zero attached hydrogens (tertiary/aromatic N) is 1. The standard InChI is InChI=1S/C32H50N2O3.C29H47NO/c1-19-14-29-30(34(18-19)13-12-33-22(4)35)21(3)32(37-29)11-9-25-26-7-6-23-15-24(36)8-10-31(23,5)28(26)16-27(25)20(2)17-32;1-17-8-10-28(5)21(12-17)6-7-23-22-9-11-29(15-19(3)24(22)14-25(23)28)20(4)27-26(31-29)13-18(2)16-30-27/h19,21,23,25-26,28-30H,6-18H2,1-5H3,(H,33,35);17-18,20-23,25-27,30H,6-16H2,1-5H3/t19-,21+,23+,25-,26-,28-,29+,30-,31-,32?;17-,18+,20-,21-,22+,23+,25+,26-,27+,28+,29?/m01/s1. The minimum absolute atomic E-state index is 0.0407. The average Bonchev–Trinajstić information content (AvgIpc) is 3.96. The Bertz CT molecular complexity index is 2010. The summed E-state index contributed by atoms with van der Waals surface area (Å²) in [6.45, 7) is 28.0. The summed E-state index contributed by atoms with van der Waals surface area (Å²) >= 11 is 0. The van der Waals surface area contributed by atoms with E-state index < -0.39 is 0 Å². The lowest BCUT2D eigenvalue weighted by Gasteiger charge is -2.54. The Kier molecular flexibility index (Phi) is 13.0. The molecule has 6 saturated carbocycles. The molecule has 10 fully saturated rings. The monoisotopic (exact) mass is 936 g/mol. The predicted molar refractivity (Wildman–Crippen MR) is 274 cm³/mol. The SMILES string of the molecule is CC(=O)NCCN1C[C@@H](C)C[C@H]2OC3(CC[C@@H]4C(=C(C)C3)C[C@H]3[C@H]4CC[C@@H]4CC(=O)CC[C@@]43C)[C@H](C)[C@@H]21.CC1=C2C[C@H]3[C@@H](CC[C@@H]4C[C@H](C)CC[C@@]43C)[C@@H]2CCC2(C1)O[C@@H]1C[C@H](C)CN[C@H]1[C@H]2C. The van der Waals surface area contributed by atoms with Crippen LogP contribution in [-0.2, 0) is 19.1 Å². The summed E-state index contributed by atoms with van der Waals surface area (Å²) in [6, 6.07) is 1.04. The van der Waals surface area contributed by atoms with Gasteiger partial charge in [0.2, 0.25) is 5.91 Å². The number of rotatable bonds is 3. The molecule has 0 aromatic rings. The van der Waals surface area contributed by atoms with Crippen LogP contribution in [0.25, 0.3) is 0 Å². The quantitative estimate of drug-likeness (QED) is 0.275. The van der Waals surface area contributed by atoms with Gasteiger partial charge in [0.25, 0.3) is 0 Å². The van der Waals surface area contributed by atoms with Crippen molar-refractivity contribution in [3.8, 4) is 0 Å². The van der Waals surface area contributed by atoms with Crippen molar-refractivity contribution in [3.63, 3.8) is 0 Å². The van der Waals surface area contributed by atoms with Crippen LogP contribution in [0.1, 0.15) is 198 Å². The van der Waals surface area contributed by atoms with Gasteiger partial charge in [-0.05, 0) is 205 Å². The lowest BCUT2D eigenvalue weighted by molar-refractivity contribution is -0.130. The maximum atomic E-state index is 12.3. The zero-order chi connectivity index (χ0) is 47.7. The molecule has 7 heteroatoms. The van der Waals surface area contributed by atoms with E-state index in [0.717, 1.165) is 105 Å². The summed E-state index contributed by atoms with van der Waals surface area (Å²) in [5, 5.41) is 6.90. The van der Waals surface area contributed by atoms with Crippen LogP contribution in [0.4, 0.5) is 0 Å². The van der Waals surface area contributed by atoms with Crippen LogP contribution in [0.2, 0.25) is 0 Å². The second kappa shape index (κ2) is 18.1. The summed E-state index contributed by atoms with van der Waals surface area (Å²) in [5.41, 5.74) is 8.10. The molecular weight excluding hydrogens is 839 g/mol. The Balaban J connectivity index is 0.000000151. The van der Waals surface area contributed by atoms with Gasteiger partial charge in [0.05, 0.1) is 23.4 Å². The maximum absolute atomic E-state index is 12.3. The highest BCUT2D eigenvalue weighted by atomic mass is 16.5. The number of ketones is 1. The highest BCUT2D eigenvalue weighted by molar-refractivity contribution is 5.79. The topological polar surface area (TPSA) is 79.9 Å². The van der Waals surface area contributed by atoms with Gasteiger partial charge in [-0.2, -0.15) is 0 Å². The number of hydrogen-bond donors (Lipinski definition) is 2. The molecule has 0 radical (unpaired) electrons.